The molecule has 2 nitrogen and oxygen atoms in total. The summed E-state index contributed by atoms with van der Waals surface area (Å²) in [6.07, 6.45) is 11.5. The van der Waals surface area contributed by atoms with Crippen LogP contribution < -0.4 is 0 Å². The van der Waals surface area contributed by atoms with Crippen molar-refractivity contribution < 1.29 is 4.79 Å². The Morgan fingerprint density at radius 1 is 0.870 bits per heavy atom. The van der Waals surface area contributed by atoms with E-state index in [1.807, 2.05) is 0 Å². The van der Waals surface area contributed by atoms with Gasteiger partial charge in [0.1, 0.15) is 0 Å². The van der Waals surface area contributed by atoms with E-state index >= 15 is 0 Å². The average molecular weight is 326 g/mol. The molecule has 23 heavy (non-hydrogen) atoms. The third-order valence-corrected chi connectivity index (χ3v) is 4.58. The summed E-state index contributed by atoms with van der Waals surface area (Å²) in [6, 6.07) is 0.816. The van der Waals surface area contributed by atoms with E-state index in [1.165, 1.54) is 38.5 Å². The molecule has 0 aliphatic rings. The summed E-state index contributed by atoms with van der Waals surface area (Å²) in [6.45, 7) is 15.5. The normalized spacial score (nSPS) is 14.6. The van der Waals surface area contributed by atoms with Crippen LogP contribution in [0.4, 0.5) is 0 Å². The van der Waals surface area contributed by atoms with Gasteiger partial charge in [0.15, 0.2) is 0 Å². The lowest BCUT2D eigenvalue weighted by atomic mass is 9.90. The molecule has 0 bridgehead atoms. The monoisotopic (exact) mass is 325 g/mol. The van der Waals surface area contributed by atoms with Gasteiger partial charge in [0.2, 0.25) is 5.91 Å². The van der Waals surface area contributed by atoms with E-state index in [0.717, 1.165) is 19.3 Å². The highest BCUT2D eigenvalue weighted by molar-refractivity contribution is 5.77. The summed E-state index contributed by atoms with van der Waals surface area (Å²) < 4.78 is 0. The molecule has 0 aliphatic heterocycles. The molecule has 2 atom stereocenters. The van der Waals surface area contributed by atoms with Gasteiger partial charge in [-0.1, -0.05) is 80.1 Å². The second-order valence-electron chi connectivity index (χ2n) is 8.47. The number of hydrogen-bond acceptors (Lipinski definition) is 1. The SMILES string of the molecule is CCCCCC(C)N(C(=O)CC(C)(C)C)C(CCC)CCCC. The van der Waals surface area contributed by atoms with Crippen molar-refractivity contribution in [1.29, 1.82) is 0 Å². The molecular formula is C21H43NO. The standard InChI is InChI=1S/C21H43NO/c1-8-11-13-15-18(4)22(20(23)17-21(5,6)7)19(14-10-3)16-12-9-2/h18-19H,8-17H2,1-7H3. The van der Waals surface area contributed by atoms with Gasteiger partial charge >= 0.3 is 0 Å². The smallest absolute Gasteiger partial charge is 0.223 e. The largest absolute Gasteiger partial charge is 0.337 e. The molecule has 0 aromatic rings. The summed E-state index contributed by atoms with van der Waals surface area (Å²) in [5.74, 6) is 0.371. The Balaban J connectivity index is 5.09. The molecule has 0 fully saturated rings. The minimum atomic E-state index is 0.0694. The Hall–Kier alpha value is -0.530. The molecule has 2 unspecified atom stereocenters. The van der Waals surface area contributed by atoms with E-state index in [-0.39, 0.29) is 5.41 Å². The zero-order chi connectivity index (χ0) is 17.9. The fraction of sp³-hybridized carbons (Fsp3) is 0.952. The van der Waals surface area contributed by atoms with Crippen LogP contribution in [0.15, 0.2) is 0 Å². The molecule has 1 amide bonds. The van der Waals surface area contributed by atoms with Crippen molar-refractivity contribution in [3.05, 3.63) is 0 Å². The van der Waals surface area contributed by atoms with Crippen LogP contribution >= 0.6 is 0 Å². The van der Waals surface area contributed by atoms with Crippen LogP contribution in [-0.2, 0) is 4.79 Å². The molecule has 0 aromatic heterocycles. The molecule has 0 aromatic carbocycles. The molecule has 0 aliphatic carbocycles. The van der Waals surface area contributed by atoms with E-state index in [1.54, 1.807) is 0 Å². The van der Waals surface area contributed by atoms with Crippen molar-refractivity contribution in [2.24, 2.45) is 5.41 Å². The fourth-order valence-electron chi connectivity index (χ4n) is 3.38. The maximum absolute atomic E-state index is 13.0. The van der Waals surface area contributed by atoms with E-state index in [2.05, 4.69) is 53.4 Å². The maximum atomic E-state index is 13.0. The molecule has 2 heteroatoms. The third-order valence-electron chi connectivity index (χ3n) is 4.58. The summed E-state index contributed by atoms with van der Waals surface area (Å²) >= 11 is 0. The predicted octanol–water partition coefficient (Wildman–Crippen LogP) is 6.58. The Morgan fingerprint density at radius 3 is 1.96 bits per heavy atom. The van der Waals surface area contributed by atoms with E-state index in [9.17, 15) is 4.79 Å². The lowest BCUT2D eigenvalue weighted by Gasteiger charge is -2.38. The molecular weight excluding hydrogens is 282 g/mol. The molecule has 0 heterocycles. The molecule has 0 saturated heterocycles. The topological polar surface area (TPSA) is 20.3 Å². The minimum Gasteiger partial charge on any atom is -0.337 e. The zero-order valence-electron chi connectivity index (χ0n) is 17.1. The van der Waals surface area contributed by atoms with Crippen molar-refractivity contribution in [1.82, 2.24) is 4.90 Å². The first kappa shape index (κ1) is 22.5. The summed E-state index contributed by atoms with van der Waals surface area (Å²) in [5, 5.41) is 0. The van der Waals surface area contributed by atoms with Crippen molar-refractivity contribution in [2.45, 2.75) is 125 Å². The first-order chi connectivity index (χ1) is 10.8. The van der Waals surface area contributed by atoms with Crippen LogP contribution in [0.25, 0.3) is 0 Å². The number of rotatable bonds is 12. The van der Waals surface area contributed by atoms with Crippen LogP contribution in [0.2, 0.25) is 0 Å². The number of nitrogens with zero attached hydrogens (tertiary/aromatic N) is 1. The van der Waals surface area contributed by atoms with E-state index in [4.69, 9.17) is 0 Å². The molecule has 0 N–H and O–H groups in total. The molecule has 0 spiro atoms. The first-order valence-corrected chi connectivity index (χ1v) is 10.1. The fourth-order valence-corrected chi connectivity index (χ4v) is 3.38. The van der Waals surface area contributed by atoms with Crippen molar-refractivity contribution in [3.63, 3.8) is 0 Å². The number of hydrogen-bond donors (Lipinski definition) is 0. The van der Waals surface area contributed by atoms with Crippen LogP contribution in [0.5, 0.6) is 0 Å². The minimum absolute atomic E-state index is 0.0694. The Bertz CT molecular complexity index is 305. The summed E-state index contributed by atoms with van der Waals surface area (Å²) in [7, 11) is 0. The molecule has 0 radical (unpaired) electrons. The summed E-state index contributed by atoms with van der Waals surface area (Å²) in [4.78, 5) is 15.3. The van der Waals surface area contributed by atoms with Crippen molar-refractivity contribution in [3.8, 4) is 0 Å². The number of unbranched alkanes of at least 4 members (excludes halogenated alkanes) is 3. The summed E-state index contributed by atoms with van der Waals surface area (Å²) in [5.41, 5.74) is 0.0694. The number of carbonyl (C=O) groups excluding carboxylic acids is 1. The quantitative estimate of drug-likeness (QED) is 0.371. The first-order valence-electron chi connectivity index (χ1n) is 10.1. The van der Waals surface area contributed by atoms with Crippen LogP contribution in [0, 0.1) is 5.41 Å². The Kier molecular flexibility index (Phi) is 11.6. The highest BCUT2D eigenvalue weighted by atomic mass is 16.2. The zero-order valence-corrected chi connectivity index (χ0v) is 17.1. The number of carbonyl (C=O) groups is 1. The Morgan fingerprint density at radius 2 is 1.48 bits per heavy atom. The van der Waals surface area contributed by atoms with Gasteiger partial charge in [0.25, 0.3) is 0 Å². The van der Waals surface area contributed by atoms with Gasteiger partial charge < -0.3 is 4.90 Å². The van der Waals surface area contributed by atoms with Gasteiger partial charge in [-0.2, -0.15) is 0 Å². The predicted molar refractivity (Wildman–Crippen MR) is 103 cm³/mol. The second kappa shape index (κ2) is 11.9. The van der Waals surface area contributed by atoms with Crippen LogP contribution in [0.1, 0.15) is 113 Å². The van der Waals surface area contributed by atoms with E-state index in [0.29, 0.717) is 24.4 Å². The second-order valence-corrected chi connectivity index (χ2v) is 8.47. The Labute approximate surface area is 146 Å². The van der Waals surface area contributed by atoms with E-state index < -0.39 is 0 Å². The van der Waals surface area contributed by atoms with Crippen molar-refractivity contribution in [2.75, 3.05) is 0 Å². The molecule has 138 valence electrons. The van der Waals surface area contributed by atoms with Gasteiger partial charge in [0, 0.05) is 18.5 Å². The highest BCUT2D eigenvalue weighted by Gasteiger charge is 2.29. The van der Waals surface area contributed by atoms with Crippen LogP contribution in [-0.4, -0.2) is 22.9 Å². The highest BCUT2D eigenvalue weighted by Crippen LogP contribution is 2.26. The number of amides is 1. The van der Waals surface area contributed by atoms with Crippen LogP contribution in [0.3, 0.4) is 0 Å². The lowest BCUT2D eigenvalue weighted by molar-refractivity contribution is -0.138. The van der Waals surface area contributed by atoms with Gasteiger partial charge in [-0.25, -0.2) is 0 Å². The van der Waals surface area contributed by atoms with Crippen molar-refractivity contribution >= 4 is 5.91 Å². The lowest BCUT2D eigenvalue weighted by Crippen LogP contribution is -2.47. The van der Waals surface area contributed by atoms with Gasteiger partial charge in [-0.3, -0.25) is 4.79 Å². The maximum Gasteiger partial charge on any atom is 0.223 e. The third kappa shape index (κ3) is 10.0. The molecule has 0 saturated carbocycles. The van der Waals surface area contributed by atoms with Gasteiger partial charge in [-0.15, -0.1) is 0 Å². The average Bonchev–Trinajstić information content (AvgIpc) is 2.43. The van der Waals surface area contributed by atoms with Gasteiger partial charge in [0.05, 0.1) is 0 Å². The van der Waals surface area contributed by atoms with Gasteiger partial charge in [-0.05, 0) is 31.6 Å². The molecule has 0 rings (SSSR count).